The molecule has 0 saturated carbocycles. The van der Waals surface area contributed by atoms with Gasteiger partial charge in [-0.1, -0.05) is 12.1 Å². The molecule has 0 radical (unpaired) electrons. The second-order valence-corrected chi connectivity index (χ2v) is 5.14. The second-order valence-electron chi connectivity index (χ2n) is 5.14. The predicted octanol–water partition coefficient (Wildman–Crippen LogP) is 1.06. The Hall–Kier alpha value is -2.37. The molecule has 2 rings (SSSR count). The van der Waals surface area contributed by atoms with Crippen LogP contribution in [0.3, 0.4) is 0 Å². The number of carboxylic acids is 1. The van der Waals surface area contributed by atoms with E-state index in [9.17, 15) is 14.4 Å². The van der Waals surface area contributed by atoms with Gasteiger partial charge in [-0.05, 0) is 30.5 Å². The van der Waals surface area contributed by atoms with Gasteiger partial charge in [-0.2, -0.15) is 0 Å². The first-order valence-corrected chi connectivity index (χ1v) is 6.93. The molecule has 6 heteroatoms. The van der Waals surface area contributed by atoms with Crippen LogP contribution in [0, 0.1) is 0 Å². The molecule has 0 bridgehead atoms. The number of piperidine rings is 1. The minimum Gasteiger partial charge on any atom is -0.478 e. The van der Waals surface area contributed by atoms with Crippen molar-refractivity contribution in [3.63, 3.8) is 0 Å². The molecule has 1 aromatic rings. The topological polar surface area (TPSA) is 95.5 Å². The summed E-state index contributed by atoms with van der Waals surface area (Å²) in [5, 5.41) is 14.4. The minimum absolute atomic E-state index is 0.00306. The van der Waals surface area contributed by atoms with Gasteiger partial charge in [-0.3, -0.25) is 9.59 Å². The van der Waals surface area contributed by atoms with Crippen LogP contribution in [0.2, 0.25) is 0 Å². The zero-order valence-electron chi connectivity index (χ0n) is 11.6. The number of carbonyl (C=O) groups is 3. The Morgan fingerprint density at radius 3 is 2.62 bits per heavy atom. The lowest BCUT2D eigenvalue weighted by Gasteiger charge is -2.22. The highest BCUT2D eigenvalue weighted by Crippen LogP contribution is 2.11. The van der Waals surface area contributed by atoms with E-state index in [0.717, 1.165) is 18.4 Å². The molecule has 0 spiro atoms. The number of nitrogens with one attached hydrogen (secondary N) is 2. The van der Waals surface area contributed by atoms with E-state index in [0.29, 0.717) is 13.0 Å². The summed E-state index contributed by atoms with van der Waals surface area (Å²) in [6, 6.07) is 6.27. The lowest BCUT2D eigenvalue weighted by Crippen LogP contribution is -2.41. The number of amides is 2. The maximum atomic E-state index is 11.8. The molecule has 21 heavy (non-hydrogen) atoms. The Balaban J connectivity index is 1.78. The summed E-state index contributed by atoms with van der Waals surface area (Å²) in [6.45, 7) is 0.347. The van der Waals surface area contributed by atoms with Crippen molar-refractivity contribution >= 4 is 17.8 Å². The normalized spacial score (nSPS) is 17.9. The van der Waals surface area contributed by atoms with Crippen molar-refractivity contribution in [2.45, 2.75) is 38.3 Å². The molecular weight excluding hydrogens is 272 g/mol. The fraction of sp³-hybridized carbons (Fsp3) is 0.400. The van der Waals surface area contributed by atoms with Crippen molar-refractivity contribution in [3.8, 4) is 0 Å². The van der Waals surface area contributed by atoms with Gasteiger partial charge < -0.3 is 15.7 Å². The van der Waals surface area contributed by atoms with Gasteiger partial charge in [0.05, 0.1) is 5.56 Å². The number of hydrogen-bond donors (Lipinski definition) is 3. The fourth-order valence-corrected chi connectivity index (χ4v) is 2.30. The summed E-state index contributed by atoms with van der Waals surface area (Å²) in [5.41, 5.74) is 1.05. The van der Waals surface area contributed by atoms with E-state index in [1.165, 1.54) is 12.1 Å². The Bertz CT molecular complexity index is 539. The van der Waals surface area contributed by atoms with Gasteiger partial charge in [0.15, 0.2) is 0 Å². The number of hydrogen-bond acceptors (Lipinski definition) is 3. The average molecular weight is 290 g/mol. The van der Waals surface area contributed by atoms with Crippen LogP contribution in [0.15, 0.2) is 24.3 Å². The van der Waals surface area contributed by atoms with Crippen LogP contribution in [0.1, 0.15) is 41.6 Å². The molecule has 6 nitrogen and oxygen atoms in total. The highest BCUT2D eigenvalue weighted by Gasteiger charge is 2.20. The summed E-state index contributed by atoms with van der Waals surface area (Å²) in [5.74, 6) is -1.09. The van der Waals surface area contributed by atoms with E-state index < -0.39 is 5.97 Å². The molecule has 0 aliphatic carbocycles. The van der Waals surface area contributed by atoms with Crippen LogP contribution in [-0.2, 0) is 16.1 Å². The lowest BCUT2D eigenvalue weighted by atomic mass is 10.0. The van der Waals surface area contributed by atoms with Crippen molar-refractivity contribution in [2.75, 3.05) is 0 Å². The van der Waals surface area contributed by atoms with Gasteiger partial charge in [0.1, 0.15) is 0 Å². The zero-order valence-corrected chi connectivity index (χ0v) is 11.6. The first kappa shape index (κ1) is 15.0. The molecule has 3 N–H and O–H groups in total. The van der Waals surface area contributed by atoms with Crippen LogP contribution >= 0.6 is 0 Å². The SMILES string of the molecule is O=C(CC1CCCC(=O)N1)NCc1ccc(C(=O)O)cc1. The van der Waals surface area contributed by atoms with Gasteiger partial charge in [0.2, 0.25) is 11.8 Å². The van der Waals surface area contributed by atoms with Crippen LogP contribution in [-0.4, -0.2) is 28.9 Å². The molecule has 2 amide bonds. The Morgan fingerprint density at radius 1 is 1.29 bits per heavy atom. The maximum absolute atomic E-state index is 11.8. The quantitative estimate of drug-likeness (QED) is 0.755. The van der Waals surface area contributed by atoms with E-state index in [4.69, 9.17) is 5.11 Å². The van der Waals surface area contributed by atoms with E-state index >= 15 is 0 Å². The molecule has 1 heterocycles. The number of carbonyl (C=O) groups excluding carboxylic acids is 2. The van der Waals surface area contributed by atoms with Gasteiger partial charge >= 0.3 is 5.97 Å². The van der Waals surface area contributed by atoms with Gasteiger partial charge in [0, 0.05) is 25.4 Å². The standard InChI is InChI=1S/C15H18N2O4/c18-13-3-1-2-12(17-13)8-14(19)16-9-10-4-6-11(7-5-10)15(20)21/h4-7,12H,1-3,8-9H2,(H,16,19)(H,17,18)(H,20,21). The van der Waals surface area contributed by atoms with Crippen molar-refractivity contribution in [3.05, 3.63) is 35.4 Å². The molecule has 1 unspecified atom stereocenters. The Morgan fingerprint density at radius 2 is 2.00 bits per heavy atom. The number of aromatic carboxylic acids is 1. The smallest absolute Gasteiger partial charge is 0.335 e. The molecule has 1 atom stereocenters. The van der Waals surface area contributed by atoms with Gasteiger partial charge in [-0.25, -0.2) is 4.79 Å². The van der Waals surface area contributed by atoms with E-state index in [1.54, 1.807) is 12.1 Å². The molecule has 1 saturated heterocycles. The first-order chi connectivity index (χ1) is 10.0. The van der Waals surface area contributed by atoms with Crippen LogP contribution in [0.5, 0.6) is 0 Å². The Labute approximate surface area is 122 Å². The average Bonchev–Trinajstić information content (AvgIpc) is 2.45. The highest BCUT2D eigenvalue weighted by molar-refractivity contribution is 5.87. The molecule has 1 fully saturated rings. The summed E-state index contributed by atoms with van der Waals surface area (Å²) in [4.78, 5) is 33.8. The molecule has 112 valence electrons. The maximum Gasteiger partial charge on any atom is 0.335 e. The largest absolute Gasteiger partial charge is 0.478 e. The van der Waals surface area contributed by atoms with Crippen LogP contribution in [0.25, 0.3) is 0 Å². The lowest BCUT2D eigenvalue weighted by molar-refractivity contribution is -0.125. The number of rotatable bonds is 5. The third kappa shape index (κ3) is 4.59. The van der Waals surface area contributed by atoms with E-state index in [1.807, 2.05) is 0 Å². The Kier molecular flexibility index (Phi) is 4.92. The fourth-order valence-electron chi connectivity index (χ4n) is 2.30. The van der Waals surface area contributed by atoms with Crippen LogP contribution < -0.4 is 10.6 Å². The molecule has 1 aromatic carbocycles. The van der Waals surface area contributed by atoms with Gasteiger partial charge in [0.25, 0.3) is 0 Å². The summed E-state index contributed by atoms with van der Waals surface area (Å²) in [6.07, 6.45) is 2.46. The molecule has 1 aliphatic rings. The third-order valence-corrected chi connectivity index (χ3v) is 3.44. The summed E-state index contributed by atoms with van der Waals surface area (Å²) < 4.78 is 0. The van der Waals surface area contributed by atoms with E-state index in [2.05, 4.69) is 10.6 Å². The summed E-state index contributed by atoms with van der Waals surface area (Å²) in [7, 11) is 0. The van der Waals surface area contributed by atoms with Crippen molar-refractivity contribution in [2.24, 2.45) is 0 Å². The third-order valence-electron chi connectivity index (χ3n) is 3.44. The van der Waals surface area contributed by atoms with Gasteiger partial charge in [-0.15, -0.1) is 0 Å². The van der Waals surface area contributed by atoms with Crippen LogP contribution in [0.4, 0.5) is 0 Å². The minimum atomic E-state index is -0.973. The zero-order chi connectivity index (χ0) is 15.2. The number of carboxylic acid groups (broad SMARTS) is 1. The van der Waals surface area contributed by atoms with Crippen molar-refractivity contribution in [1.29, 1.82) is 0 Å². The number of benzene rings is 1. The molecular formula is C15H18N2O4. The van der Waals surface area contributed by atoms with E-state index in [-0.39, 0.29) is 29.8 Å². The predicted molar refractivity (Wildman–Crippen MR) is 75.6 cm³/mol. The van der Waals surface area contributed by atoms with Crippen molar-refractivity contribution in [1.82, 2.24) is 10.6 Å². The molecule has 1 aliphatic heterocycles. The summed E-state index contributed by atoms with van der Waals surface area (Å²) >= 11 is 0. The first-order valence-electron chi connectivity index (χ1n) is 6.93. The van der Waals surface area contributed by atoms with Crippen molar-refractivity contribution < 1.29 is 19.5 Å². The monoisotopic (exact) mass is 290 g/mol. The molecule has 0 aromatic heterocycles. The highest BCUT2D eigenvalue weighted by atomic mass is 16.4. The second kappa shape index (κ2) is 6.88.